The van der Waals surface area contributed by atoms with Gasteiger partial charge in [-0.25, -0.2) is 0 Å². The largest absolute Gasteiger partial charge is 0.361 e. The number of piperidine rings is 1. The van der Waals surface area contributed by atoms with Crippen molar-refractivity contribution in [3.05, 3.63) is 17.0 Å². The maximum Gasteiger partial charge on any atom is 0.227 e. The number of carbonyl (C=O) groups excluding carboxylic acids is 1. The zero-order chi connectivity index (χ0) is 15.7. The molecule has 0 aromatic carbocycles. The van der Waals surface area contributed by atoms with E-state index in [-0.39, 0.29) is 11.8 Å². The third-order valence-electron chi connectivity index (χ3n) is 4.89. The lowest BCUT2D eigenvalue weighted by atomic mass is 9.90. The lowest BCUT2D eigenvalue weighted by Crippen LogP contribution is -2.49. The molecule has 2 saturated heterocycles. The molecule has 3 rings (SSSR count). The Kier molecular flexibility index (Phi) is 4.23. The number of nitrogens with zero attached hydrogens (tertiary/aromatic N) is 2. The van der Waals surface area contributed by atoms with Crippen LogP contribution in [0.5, 0.6) is 0 Å². The number of aryl methyl sites for hydroxylation is 2. The van der Waals surface area contributed by atoms with Gasteiger partial charge in [0.05, 0.1) is 25.3 Å². The Morgan fingerprint density at radius 2 is 2.09 bits per heavy atom. The normalized spacial score (nSPS) is 24.7. The molecule has 122 valence electrons. The molecule has 2 aliphatic heterocycles. The van der Waals surface area contributed by atoms with Crippen LogP contribution in [0.1, 0.15) is 36.8 Å². The molecule has 2 aliphatic rings. The highest BCUT2D eigenvalue weighted by Gasteiger charge is 2.42. The van der Waals surface area contributed by atoms with E-state index >= 15 is 0 Å². The van der Waals surface area contributed by atoms with Gasteiger partial charge in [0.15, 0.2) is 5.79 Å². The summed E-state index contributed by atoms with van der Waals surface area (Å²) in [7, 11) is 0. The minimum Gasteiger partial charge on any atom is -0.361 e. The van der Waals surface area contributed by atoms with E-state index in [2.05, 4.69) is 5.16 Å². The third-order valence-corrected chi connectivity index (χ3v) is 4.89. The summed E-state index contributed by atoms with van der Waals surface area (Å²) >= 11 is 0. The van der Waals surface area contributed by atoms with Crippen LogP contribution in [-0.2, 0) is 20.7 Å². The summed E-state index contributed by atoms with van der Waals surface area (Å²) in [6.07, 6.45) is 2.37. The highest BCUT2D eigenvalue weighted by atomic mass is 16.7. The average molecular weight is 308 g/mol. The summed E-state index contributed by atoms with van der Waals surface area (Å²) in [4.78, 5) is 14.5. The van der Waals surface area contributed by atoms with Crippen LogP contribution in [0.3, 0.4) is 0 Å². The van der Waals surface area contributed by atoms with Crippen molar-refractivity contribution in [2.24, 2.45) is 5.92 Å². The molecular formula is C16H24N2O4. The van der Waals surface area contributed by atoms with Crippen LogP contribution in [0.2, 0.25) is 0 Å². The van der Waals surface area contributed by atoms with Crippen LogP contribution in [-0.4, -0.2) is 48.1 Å². The second-order valence-electron chi connectivity index (χ2n) is 6.37. The first-order valence-electron chi connectivity index (χ1n) is 7.97. The van der Waals surface area contributed by atoms with Gasteiger partial charge in [-0.2, -0.15) is 0 Å². The van der Waals surface area contributed by atoms with Gasteiger partial charge in [-0.15, -0.1) is 0 Å². The molecule has 3 heterocycles. The topological polar surface area (TPSA) is 64.8 Å². The van der Waals surface area contributed by atoms with Crippen molar-refractivity contribution in [1.82, 2.24) is 10.1 Å². The second-order valence-corrected chi connectivity index (χ2v) is 6.37. The maximum absolute atomic E-state index is 12.6. The molecule has 0 bridgehead atoms. The Morgan fingerprint density at radius 3 is 2.73 bits per heavy atom. The van der Waals surface area contributed by atoms with Crippen LogP contribution in [0, 0.1) is 19.8 Å². The highest BCUT2D eigenvalue weighted by molar-refractivity contribution is 5.79. The maximum atomic E-state index is 12.6. The van der Waals surface area contributed by atoms with Crippen molar-refractivity contribution in [3.8, 4) is 0 Å². The lowest BCUT2D eigenvalue weighted by molar-refractivity contribution is -0.192. The van der Waals surface area contributed by atoms with Crippen molar-refractivity contribution in [1.29, 1.82) is 0 Å². The molecule has 0 N–H and O–H groups in total. The smallest absolute Gasteiger partial charge is 0.227 e. The molecule has 2 fully saturated rings. The fraction of sp³-hybridized carbons (Fsp3) is 0.750. The standard InChI is InChI=1S/C16H24N2O4/c1-11-14(12(2)22-17-11)9-15(19)18-6-4-5-13(10-18)16(3)20-7-8-21-16/h13H,4-10H2,1-3H3/t13-/m0/s1. The predicted octanol–water partition coefficient (Wildman–Crippen LogP) is 1.84. The van der Waals surface area contributed by atoms with Gasteiger partial charge >= 0.3 is 0 Å². The van der Waals surface area contributed by atoms with E-state index in [9.17, 15) is 4.79 Å². The zero-order valence-electron chi connectivity index (χ0n) is 13.6. The van der Waals surface area contributed by atoms with Crippen molar-refractivity contribution < 1.29 is 18.8 Å². The molecule has 6 heteroatoms. The summed E-state index contributed by atoms with van der Waals surface area (Å²) in [5.74, 6) is 0.550. The van der Waals surface area contributed by atoms with Crippen molar-refractivity contribution >= 4 is 5.91 Å². The lowest BCUT2D eigenvalue weighted by Gasteiger charge is -2.40. The van der Waals surface area contributed by atoms with Crippen molar-refractivity contribution in [2.45, 2.75) is 45.8 Å². The Hall–Kier alpha value is -1.40. The average Bonchev–Trinajstić information content (AvgIpc) is 3.09. The van der Waals surface area contributed by atoms with E-state index in [4.69, 9.17) is 14.0 Å². The molecule has 0 aliphatic carbocycles. The Balaban J connectivity index is 1.65. The molecule has 0 radical (unpaired) electrons. The van der Waals surface area contributed by atoms with Crippen molar-refractivity contribution in [3.63, 3.8) is 0 Å². The van der Waals surface area contributed by atoms with E-state index in [0.717, 1.165) is 36.4 Å². The Morgan fingerprint density at radius 1 is 1.36 bits per heavy atom. The van der Waals surface area contributed by atoms with Gasteiger partial charge in [-0.3, -0.25) is 4.79 Å². The number of hydrogen-bond donors (Lipinski definition) is 0. The van der Waals surface area contributed by atoms with Crippen molar-refractivity contribution in [2.75, 3.05) is 26.3 Å². The summed E-state index contributed by atoms with van der Waals surface area (Å²) < 4.78 is 16.7. The quantitative estimate of drug-likeness (QED) is 0.852. The first-order chi connectivity index (χ1) is 10.5. The third kappa shape index (κ3) is 2.90. The van der Waals surface area contributed by atoms with Gasteiger partial charge in [0.25, 0.3) is 0 Å². The zero-order valence-corrected chi connectivity index (χ0v) is 13.6. The number of hydrogen-bond acceptors (Lipinski definition) is 5. The van der Waals surface area contributed by atoms with Crippen LogP contribution in [0.4, 0.5) is 0 Å². The van der Waals surface area contributed by atoms with E-state index < -0.39 is 5.79 Å². The SMILES string of the molecule is Cc1noc(C)c1CC(=O)N1CCC[C@H](C2(C)OCCO2)C1. The van der Waals surface area contributed by atoms with E-state index in [1.807, 2.05) is 25.7 Å². The second kappa shape index (κ2) is 6.01. The number of aromatic nitrogens is 1. The highest BCUT2D eigenvalue weighted by Crippen LogP contribution is 2.34. The van der Waals surface area contributed by atoms with E-state index in [0.29, 0.717) is 26.2 Å². The molecule has 0 unspecified atom stereocenters. The molecule has 1 atom stereocenters. The summed E-state index contributed by atoms with van der Waals surface area (Å²) in [5.41, 5.74) is 1.71. The fourth-order valence-corrected chi connectivity index (χ4v) is 3.41. The molecule has 1 aromatic heterocycles. The summed E-state index contributed by atoms with van der Waals surface area (Å²) in [5, 5.41) is 3.92. The number of rotatable bonds is 3. The minimum absolute atomic E-state index is 0.126. The van der Waals surface area contributed by atoms with Gasteiger partial charge in [-0.05, 0) is 33.6 Å². The number of likely N-dealkylation sites (tertiary alicyclic amines) is 1. The first kappa shape index (κ1) is 15.5. The van der Waals surface area contributed by atoms with Gasteiger partial charge in [-0.1, -0.05) is 5.16 Å². The first-order valence-corrected chi connectivity index (χ1v) is 7.97. The molecule has 0 spiro atoms. The number of amides is 1. The number of carbonyl (C=O) groups is 1. The monoisotopic (exact) mass is 308 g/mol. The Labute approximate surface area is 130 Å². The van der Waals surface area contributed by atoms with Gasteiger partial charge in [0, 0.05) is 24.6 Å². The van der Waals surface area contributed by atoms with Crippen LogP contribution in [0.25, 0.3) is 0 Å². The van der Waals surface area contributed by atoms with Crippen LogP contribution < -0.4 is 0 Å². The van der Waals surface area contributed by atoms with Crippen LogP contribution >= 0.6 is 0 Å². The van der Waals surface area contributed by atoms with Crippen LogP contribution in [0.15, 0.2) is 4.52 Å². The molecule has 6 nitrogen and oxygen atoms in total. The van der Waals surface area contributed by atoms with Gasteiger partial charge < -0.3 is 18.9 Å². The fourth-order valence-electron chi connectivity index (χ4n) is 3.41. The van der Waals surface area contributed by atoms with Gasteiger partial charge in [0.2, 0.25) is 5.91 Å². The molecular weight excluding hydrogens is 284 g/mol. The molecule has 1 amide bonds. The molecule has 22 heavy (non-hydrogen) atoms. The minimum atomic E-state index is -0.540. The summed E-state index contributed by atoms with van der Waals surface area (Å²) in [6, 6.07) is 0. The van der Waals surface area contributed by atoms with E-state index in [1.54, 1.807) is 0 Å². The molecule has 1 aromatic rings. The van der Waals surface area contributed by atoms with Gasteiger partial charge in [0.1, 0.15) is 5.76 Å². The van der Waals surface area contributed by atoms with E-state index in [1.165, 1.54) is 0 Å². The Bertz CT molecular complexity index is 529. The summed E-state index contributed by atoms with van der Waals surface area (Å²) in [6.45, 7) is 8.49. The number of ether oxygens (including phenoxy) is 2. The predicted molar refractivity (Wildman–Crippen MR) is 79.3 cm³/mol. The molecule has 0 saturated carbocycles.